The zero-order valence-electron chi connectivity index (χ0n) is 9.50. The van der Waals surface area contributed by atoms with Crippen LogP contribution in [0.4, 0.5) is 0 Å². The van der Waals surface area contributed by atoms with Crippen LogP contribution in [0.5, 0.6) is 5.75 Å². The molecule has 1 atom stereocenters. The minimum Gasteiger partial charge on any atom is -0.508 e. The third-order valence-corrected chi connectivity index (χ3v) is 2.83. The second-order valence-electron chi connectivity index (χ2n) is 4.07. The summed E-state index contributed by atoms with van der Waals surface area (Å²) in [6, 6.07) is 7.00. The Morgan fingerprint density at radius 1 is 1.47 bits per heavy atom. The summed E-state index contributed by atoms with van der Waals surface area (Å²) in [5.74, 6) is 0.133. The molecule has 0 radical (unpaired) electrons. The third-order valence-electron chi connectivity index (χ3n) is 2.83. The summed E-state index contributed by atoms with van der Waals surface area (Å²) in [5, 5.41) is 9.66. The summed E-state index contributed by atoms with van der Waals surface area (Å²) < 4.78 is 5.26. The van der Waals surface area contributed by atoms with Crippen LogP contribution in [0.15, 0.2) is 24.3 Å². The molecule has 0 bridgehead atoms. The van der Waals surface area contributed by atoms with Crippen LogP contribution in [0.25, 0.3) is 0 Å². The predicted octanol–water partition coefficient (Wildman–Crippen LogP) is 0.0783. The average molecular weight is 236 g/mol. The van der Waals surface area contributed by atoms with E-state index >= 15 is 0 Å². The van der Waals surface area contributed by atoms with Gasteiger partial charge >= 0.3 is 0 Å². The number of carbonyl (C=O) groups is 1. The smallest absolute Gasteiger partial charge is 0.248 e. The molecule has 1 aliphatic heterocycles. The molecular weight excluding hydrogens is 220 g/mol. The second kappa shape index (κ2) is 5.16. The Morgan fingerprint density at radius 2 is 2.24 bits per heavy atom. The molecule has 1 aromatic rings. The lowest BCUT2D eigenvalue weighted by Gasteiger charge is -2.32. The molecule has 0 saturated carbocycles. The summed E-state index contributed by atoms with van der Waals surface area (Å²) >= 11 is 0. The highest BCUT2D eigenvalue weighted by Gasteiger charge is 2.25. The first-order valence-corrected chi connectivity index (χ1v) is 5.57. The van der Waals surface area contributed by atoms with E-state index in [1.165, 1.54) is 0 Å². The Morgan fingerprint density at radius 3 is 2.94 bits per heavy atom. The van der Waals surface area contributed by atoms with Gasteiger partial charge < -0.3 is 20.5 Å². The number of carbonyl (C=O) groups excluding carboxylic acids is 1. The van der Waals surface area contributed by atoms with E-state index < -0.39 is 0 Å². The van der Waals surface area contributed by atoms with Crippen LogP contribution < -0.4 is 5.73 Å². The van der Waals surface area contributed by atoms with Gasteiger partial charge in [-0.05, 0) is 6.07 Å². The quantitative estimate of drug-likeness (QED) is 0.779. The molecular formula is C12H16N2O3. The fraction of sp³-hybridized carbons (Fsp3) is 0.417. The van der Waals surface area contributed by atoms with Gasteiger partial charge in [0.25, 0.3) is 0 Å². The van der Waals surface area contributed by atoms with Crippen LogP contribution in [-0.2, 0) is 16.1 Å². The fourth-order valence-corrected chi connectivity index (χ4v) is 1.83. The van der Waals surface area contributed by atoms with Crippen molar-refractivity contribution in [2.45, 2.75) is 12.6 Å². The summed E-state index contributed by atoms with van der Waals surface area (Å²) in [4.78, 5) is 13.3. The predicted molar refractivity (Wildman–Crippen MR) is 62.3 cm³/mol. The molecule has 5 heteroatoms. The number of hydrogen-bond acceptors (Lipinski definition) is 4. The van der Waals surface area contributed by atoms with Crippen molar-refractivity contribution in [1.29, 1.82) is 0 Å². The van der Waals surface area contributed by atoms with E-state index in [9.17, 15) is 9.90 Å². The number of phenolic OH excluding ortho intramolecular Hbond substituents is 1. The van der Waals surface area contributed by atoms with E-state index in [1.807, 2.05) is 6.07 Å². The van der Waals surface area contributed by atoms with Crippen molar-refractivity contribution in [2.75, 3.05) is 19.7 Å². The summed E-state index contributed by atoms with van der Waals surface area (Å²) in [6.07, 6.45) is -0.112. The first-order valence-electron chi connectivity index (χ1n) is 5.57. The molecule has 1 heterocycles. The number of morpholine rings is 1. The molecule has 1 saturated heterocycles. The van der Waals surface area contributed by atoms with Crippen molar-refractivity contribution in [2.24, 2.45) is 5.73 Å². The summed E-state index contributed by atoms with van der Waals surface area (Å²) in [5.41, 5.74) is 6.26. The van der Waals surface area contributed by atoms with E-state index in [-0.39, 0.29) is 24.4 Å². The Kier molecular flexibility index (Phi) is 3.61. The molecule has 5 nitrogen and oxygen atoms in total. The van der Waals surface area contributed by atoms with Crippen molar-refractivity contribution in [1.82, 2.24) is 4.90 Å². The normalized spacial score (nSPS) is 20.6. The zero-order chi connectivity index (χ0) is 12.3. The summed E-state index contributed by atoms with van der Waals surface area (Å²) in [7, 11) is 0. The molecule has 0 aliphatic carbocycles. The lowest BCUT2D eigenvalue weighted by atomic mass is 10.1. The average Bonchev–Trinajstić information content (AvgIpc) is 2.35. The van der Waals surface area contributed by atoms with Crippen molar-refractivity contribution in [3.8, 4) is 5.75 Å². The molecule has 1 amide bonds. The van der Waals surface area contributed by atoms with Crippen LogP contribution in [0.3, 0.4) is 0 Å². The molecule has 3 N–H and O–H groups in total. The Balaban J connectivity index is 2.07. The highest BCUT2D eigenvalue weighted by molar-refractivity contribution is 5.78. The van der Waals surface area contributed by atoms with Gasteiger partial charge in [0.1, 0.15) is 12.4 Å². The van der Waals surface area contributed by atoms with E-state index in [0.717, 1.165) is 5.56 Å². The third kappa shape index (κ3) is 2.75. The molecule has 2 rings (SSSR count). The number of para-hydroxylation sites is 1. The van der Waals surface area contributed by atoms with Gasteiger partial charge in [-0.1, -0.05) is 18.2 Å². The van der Waals surface area contributed by atoms with Crippen LogP contribution in [0.2, 0.25) is 0 Å². The van der Waals surface area contributed by atoms with Crippen molar-refractivity contribution < 1.29 is 14.6 Å². The maximum Gasteiger partial charge on any atom is 0.248 e. The molecule has 0 aromatic heterocycles. The number of rotatable bonds is 3. The minimum atomic E-state index is -0.112. The van der Waals surface area contributed by atoms with Gasteiger partial charge in [0.05, 0.1) is 6.10 Å². The Bertz CT molecular complexity index is 408. The Hall–Kier alpha value is -1.59. The van der Waals surface area contributed by atoms with Gasteiger partial charge in [-0.2, -0.15) is 0 Å². The number of nitrogens with two attached hydrogens (primary N) is 1. The van der Waals surface area contributed by atoms with Gasteiger partial charge in [0.15, 0.2) is 0 Å². The number of ether oxygens (including phenoxy) is 1. The minimum absolute atomic E-state index is 0.0649. The molecule has 1 aliphatic rings. The number of hydrogen-bond donors (Lipinski definition) is 2. The fourth-order valence-electron chi connectivity index (χ4n) is 1.83. The topological polar surface area (TPSA) is 75.8 Å². The first kappa shape index (κ1) is 11.9. The van der Waals surface area contributed by atoms with Crippen LogP contribution in [0.1, 0.15) is 5.56 Å². The number of phenols is 1. The van der Waals surface area contributed by atoms with Crippen molar-refractivity contribution in [3.63, 3.8) is 0 Å². The molecule has 1 aromatic carbocycles. The van der Waals surface area contributed by atoms with E-state index in [0.29, 0.717) is 19.6 Å². The highest BCUT2D eigenvalue weighted by Crippen LogP contribution is 2.19. The monoisotopic (exact) mass is 236 g/mol. The first-order chi connectivity index (χ1) is 8.20. The van der Waals surface area contributed by atoms with E-state index in [2.05, 4.69) is 0 Å². The maximum atomic E-state index is 11.6. The molecule has 1 fully saturated rings. The summed E-state index contributed by atoms with van der Waals surface area (Å²) in [6.45, 7) is 1.33. The molecule has 17 heavy (non-hydrogen) atoms. The SMILES string of the molecule is NCC1CN(Cc2ccccc2O)C(=O)CO1. The van der Waals surface area contributed by atoms with Crippen LogP contribution in [-0.4, -0.2) is 41.7 Å². The highest BCUT2D eigenvalue weighted by atomic mass is 16.5. The van der Waals surface area contributed by atoms with Gasteiger partial charge in [-0.3, -0.25) is 4.79 Å². The van der Waals surface area contributed by atoms with Gasteiger partial charge in [-0.15, -0.1) is 0 Å². The lowest BCUT2D eigenvalue weighted by molar-refractivity contribution is -0.149. The van der Waals surface area contributed by atoms with E-state index in [1.54, 1.807) is 23.1 Å². The largest absolute Gasteiger partial charge is 0.508 e. The van der Waals surface area contributed by atoms with Crippen LogP contribution >= 0.6 is 0 Å². The molecule has 0 spiro atoms. The maximum absolute atomic E-state index is 11.6. The zero-order valence-corrected chi connectivity index (χ0v) is 9.50. The van der Waals surface area contributed by atoms with Crippen molar-refractivity contribution >= 4 is 5.91 Å². The Labute approximate surface area is 99.8 Å². The van der Waals surface area contributed by atoms with Gasteiger partial charge in [0, 0.05) is 25.2 Å². The number of aromatic hydroxyl groups is 1. The van der Waals surface area contributed by atoms with Gasteiger partial charge in [0.2, 0.25) is 5.91 Å². The number of amides is 1. The molecule has 92 valence electrons. The molecule has 1 unspecified atom stereocenters. The van der Waals surface area contributed by atoms with E-state index in [4.69, 9.17) is 10.5 Å². The lowest BCUT2D eigenvalue weighted by Crippen LogP contribution is -2.48. The number of benzene rings is 1. The van der Waals surface area contributed by atoms with Crippen LogP contribution in [0, 0.1) is 0 Å². The van der Waals surface area contributed by atoms with Gasteiger partial charge in [-0.25, -0.2) is 0 Å². The standard InChI is InChI=1S/C12H16N2O3/c13-5-10-7-14(12(16)8-17-10)6-9-3-1-2-4-11(9)15/h1-4,10,15H,5-8,13H2. The number of nitrogens with zero attached hydrogens (tertiary/aromatic N) is 1. The second-order valence-corrected chi connectivity index (χ2v) is 4.07. The van der Waals surface area contributed by atoms with Crippen molar-refractivity contribution in [3.05, 3.63) is 29.8 Å².